The van der Waals surface area contributed by atoms with Gasteiger partial charge >= 0.3 is 5.97 Å². The molecule has 4 rings (SSSR count). The summed E-state index contributed by atoms with van der Waals surface area (Å²) in [7, 11) is 0. The average Bonchev–Trinajstić information content (AvgIpc) is 2.66. The van der Waals surface area contributed by atoms with Gasteiger partial charge in [-0.3, -0.25) is 4.79 Å². The first kappa shape index (κ1) is 14.5. The summed E-state index contributed by atoms with van der Waals surface area (Å²) in [4.78, 5) is 25.7. The summed E-state index contributed by atoms with van der Waals surface area (Å²) in [5, 5.41) is 19.7. The molecular weight excluding hydrogens is 294 g/mol. The smallest absolute Gasteiger partial charge is 0.352 e. The molecule has 3 aliphatic rings. The molecule has 23 heavy (non-hydrogen) atoms. The number of aryl methyl sites for hydroxylation is 1. The van der Waals surface area contributed by atoms with Crippen molar-refractivity contribution in [2.24, 2.45) is 11.8 Å². The van der Waals surface area contributed by atoms with Gasteiger partial charge in [-0.1, -0.05) is 24.3 Å². The van der Waals surface area contributed by atoms with Crippen LogP contribution in [0.5, 0.6) is 0 Å². The summed E-state index contributed by atoms with van der Waals surface area (Å²) in [5.41, 5.74) is 3.01. The Labute approximate surface area is 134 Å². The molecule has 5 heteroatoms. The third kappa shape index (κ3) is 1.83. The third-order valence-corrected chi connectivity index (χ3v) is 5.46. The first-order valence-corrected chi connectivity index (χ1v) is 8.09. The molecule has 0 aromatic heterocycles. The van der Waals surface area contributed by atoms with E-state index in [1.807, 2.05) is 24.3 Å². The van der Waals surface area contributed by atoms with Gasteiger partial charge in [-0.25, -0.2) is 4.79 Å². The summed E-state index contributed by atoms with van der Waals surface area (Å²) in [6.07, 6.45) is 1.97. The Bertz CT molecular complexity index is 736. The van der Waals surface area contributed by atoms with Gasteiger partial charge in [0.05, 0.1) is 18.1 Å². The lowest BCUT2D eigenvalue weighted by atomic mass is 9.75. The molecule has 1 amide bonds. The topological polar surface area (TPSA) is 77.8 Å². The highest BCUT2D eigenvalue weighted by atomic mass is 16.4. The number of rotatable bonds is 2. The minimum atomic E-state index is -1.05. The molecular formula is C18H19NO4. The molecule has 0 radical (unpaired) electrons. The second-order valence-electron chi connectivity index (χ2n) is 6.69. The standard InChI is InChI=1S/C18H19NO4/c1-9(20)13-15-12-8-4-6-10-5-2-3-7-11(10)14(12)16(18(22)23)19(15)17(13)21/h2-3,5,7,9,12-13,15,20H,4,6,8H2,1H3,(H,22,23)/t9-,12+,13-,15-/m1/s1. The van der Waals surface area contributed by atoms with E-state index in [2.05, 4.69) is 0 Å². The Balaban J connectivity index is 1.91. The van der Waals surface area contributed by atoms with Crippen LogP contribution in [0.15, 0.2) is 30.0 Å². The molecule has 0 saturated carbocycles. The van der Waals surface area contributed by atoms with E-state index in [0.29, 0.717) is 0 Å². The van der Waals surface area contributed by atoms with Crippen LogP contribution in [0.2, 0.25) is 0 Å². The van der Waals surface area contributed by atoms with Crippen molar-refractivity contribution in [1.29, 1.82) is 0 Å². The maximum atomic E-state index is 12.4. The number of nitrogens with zero attached hydrogens (tertiary/aromatic N) is 1. The summed E-state index contributed by atoms with van der Waals surface area (Å²) >= 11 is 0. The predicted molar refractivity (Wildman–Crippen MR) is 83.2 cm³/mol. The highest BCUT2D eigenvalue weighted by Crippen LogP contribution is 2.53. The van der Waals surface area contributed by atoms with Gasteiger partial charge in [-0.2, -0.15) is 0 Å². The lowest BCUT2D eigenvalue weighted by molar-refractivity contribution is -0.163. The minimum Gasteiger partial charge on any atom is -0.477 e. The van der Waals surface area contributed by atoms with Crippen LogP contribution in [-0.2, 0) is 16.0 Å². The van der Waals surface area contributed by atoms with Crippen LogP contribution < -0.4 is 0 Å². The lowest BCUT2D eigenvalue weighted by Gasteiger charge is -2.47. The number of carboxylic acids is 1. The van der Waals surface area contributed by atoms with Gasteiger partial charge in [0.15, 0.2) is 0 Å². The van der Waals surface area contributed by atoms with Gasteiger partial charge in [0.1, 0.15) is 5.70 Å². The van der Waals surface area contributed by atoms with Gasteiger partial charge in [0, 0.05) is 5.92 Å². The highest BCUT2D eigenvalue weighted by Gasteiger charge is 2.61. The first-order chi connectivity index (χ1) is 11.0. The number of β-lactam (4-membered cyclic amide) rings is 1. The molecule has 5 nitrogen and oxygen atoms in total. The van der Waals surface area contributed by atoms with Gasteiger partial charge in [-0.15, -0.1) is 0 Å². The number of aliphatic carboxylic acids is 1. The van der Waals surface area contributed by atoms with E-state index in [1.165, 1.54) is 4.90 Å². The van der Waals surface area contributed by atoms with Gasteiger partial charge in [0.25, 0.3) is 0 Å². The van der Waals surface area contributed by atoms with Crippen LogP contribution in [0.4, 0.5) is 0 Å². The van der Waals surface area contributed by atoms with Crippen LogP contribution in [0, 0.1) is 11.8 Å². The molecule has 2 heterocycles. The van der Waals surface area contributed by atoms with Crippen molar-refractivity contribution >= 4 is 17.4 Å². The zero-order valence-corrected chi connectivity index (χ0v) is 12.9. The molecule has 1 saturated heterocycles. The quantitative estimate of drug-likeness (QED) is 0.814. The van der Waals surface area contributed by atoms with Gasteiger partial charge in [0.2, 0.25) is 5.91 Å². The molecule has 1 aromatic rings. The second-order valence-corrected chi connectivity index (χ2v) is 6.69. The van der Waals surface area contributed by atoms with Crippen LogP contribution in [0.1, 0.15) is 30.9 Å². The van der Waals surface area contributed by atoms with E-state index in [9.17, 15) is 19.8 Å². The first-order valence-electron chi connectivity index (χ1n) is 8.09. The van der Waals surface area contributed by atoms with Crippen molar-refractivity contribution in [2.45, 2.75) is 38.3 Å². The molecule has 0 unspecified atom stereocenters. The Kier molecular flexibility index (Phi) is 3.10. The monoisotopic (exact) mass is 313 g/mol. The van der Waals surface area contributed by atoms with E-state index in [4.69, 9.17) is 0 Å². The van der Waals surface area contributed by atoms with Crippen LogP contribution >= 0.6 is 0 Å². The van der Waals surface area contributed by atoms with Crippen molar-refractivity contribution in [3.8, 4) is 0 Å². The molecule has 0 spiro atoms. The lowest BCUT2D eigenvalue weighted by Crippen LogP contribution is -2.63. The van der Waals surface area contributed by atoms with Crippen LogP contribution in [0.3, 0.4) is 0 Å². The molecule has 1 fully saturated rings. The van der Waals surface area contributed by atoms with Crippen LogP contribution in [-0.4, -0.2) is 39.1 Å². The number of benzene rings is 1. The number of carboxylic acid groups (broad SMARTS) is 1. The van der Waals surface area contributed by atoms with E-state index < -0.39 is 18.0 Å². The maximum absolute atomic E-state index is 12.4. The van der Waals surface area contributed by atoms with Crippen molar-refractivity contribution in [3.05, 3.63) is 41.1 Å². The number of amides is 1. The number of hydrogen-bond acceptors (Lipinski definition) is 3. The molecule has 1 aliphatic carbocycles. The van der Waals surface area contributed by atoms with Gasteiger partial charge in [-0.05, 0) is 42.9 Å². The van der Waals surface area contributed by atoms with E-state index in [1.54, 1.807) is 6.92 Å². The number of aliphatic hydroxyl groups is 1. The molecule has 120 valence electrons. The van der Waals surface area contributed by atoms with E-state index in [-0.39, 0.29) is 23.6 Å². The predicted octanol–water partition coefficient (Wildman–Crippen LogP) is 1.66. The Hall–Kier alpha value is -2.14. The zero-order chi connectivity index (χ0) is 16.3. The number of hydrogen-bond donors (Lipinski definition) is 2. The fourth-order valence-electron chi connectivity index (χ4n) is 4.56. The summed E-state index contributed by atoms with van der Waals surface area (Å²) < 4.78 is 0. The number of carbonyl (C=O) groups is 2. The number of fused-ring (bicyclic) bond motifs is 5. The molecule has 0 bridgehead atoms. The highest BCUT2D eigenvalue weighted by molar-refractivity contribution is 6.07. The summed E-state index contributed by atoms with van der Waals surface area (Å²) in [6.45, 7) is 1.61. The molecule has 1 aromatic carbocycles. The second kappa shape index (κ2) is 4.93. The summed E-state index contributed by atoms with van der Waals surface area (Å²) in [5.74, 6) is -1.80. The fourth-order valence-corrected chi connectivity index (χ4v) is 4.56. The van der Waals surface area contributed by atoms with E-state index in [0.717, 1.165) is 36.0 Å². The largest absolute Gasteiger partial charge is 0.477 e. The van der Waals surface area contributed by atoms with Crippen molar-refractivity contribution in [3.63, 3.8) is 0 Å². The maximum Gasteiger partial charge on any atom is 0.352 e. The fraction of sp³-hybridized carbons (Fsp3) is 0.444. The van der Waals surface area contributed by atoms with Crippen LogP contribution in [0.25, 0.3) is 5.57 Å². The Morgan fingerprint density at radius 2 is 2.09 bits per heavy atom. The number of aliphatic hydroxyl groups excluding tert-OH is 1. The third-order valence-electron chi connectivity index (χ3n) is 5.46. The summed E-state index contributed by atoms with van der Waals surface area (Å²) in [6, 6.07) is 7.66. The molecule has 2 N–H and O–H groups in total. The Morgan fingerprint density at radius 3 is 2.78 bits per heavy atom. The van der Waals surface area contributed by atoms with E-state index >= 15 is 0 Å². The van der Waals surface area contributed by atoms with Crippen molar-refractivity contribution in [2.75, 3.05) is 0 Å². The van der Waals surface area contributed by atoms with Crippen molar-refractivity contribution in [1.82, 2.24) is 4.90 Å². The average molecular weight is 313 g/mol. The number of carbonyl (C=O) groups excluding carboxylic acids is 1. The van der Waals surface area contributed by atoms with Gasteiger partial charge < -0.3 is 15.1 Å². The Morgan fingerprint density at radius 1 is 1.35 bits per heavy atom. The zero-order valence-electron chi connectivity index (χ0n) is 12.9. The normalized spacial score (nSPS) is 30.1. The molecule has 4 atom stereocenters. The SMILES string of the molecule is C[C@@H](O)[C@H]1C(=O)N2C(C(=O)O)=C3c4ccccc4CCC[C@@H]3[C@H]12. The molecule has 2 aliphatic heterocycles. The van der Waals surface area contributed by atoms with Crippen molar-refractivity contribution < 1.29 is 19.8 Å². The minimum absolute atomic E-state index is 0.00190.